The largest absolute Gasteiger partial charge is 0.366 e. The van der Waals surface area contributed by atoms with Crippen LogP contribution in [0.4, 0.5) is 0 Å². The number of hydrogen-bond acceptors (Lipinski definition) is 1. The lowest BCUT2D eigenvalue weighted by atomic mass is 10.1. The van der Waals surface area contributed by atoms with Gasteiger partial charge in [-0.2, -0.15) is 0 Å². The van der Waals surface area contributed by atoms with Crippen molar-refractivity contribution >= 4 is 33.8 Å². The molecule has 0 spiro atoms. The van der Waals surface area contributed by atoms with Crippen molar-refractivity contribution in [2.45, 2.75) is 0 Å². The molecule has 0 saturated carbocycles. The average Bonchev–Trinajstić information content (AvgIpc) is 2.73. The summed E-state index contributed by atoms with van der Waals surface area (Å²) in [4.78, 5) is 14.1. The number of rotatable bonds is 2. The molecule has 0 bridgehead atoms. The topological polar surface area (TPSA) is 58.9 Å². The van der Waals surface area contributed by atoms with Crippen molar-refractivity contribution < 1.29 is 4.79 Å². The molecule has 1 aromatic heterocycles. The van der Waals surface area contributed by atoms with Crippen molar-refractivity contribution in [3.8, 4) is 0 Å². The van der Waals surface area contributed by atoms with Crippen LogP contribution in [0.1, 0.15) is 5.56 Å². The molecule has 3 aromatic rings. The minimum absolute atomic E-state index is 0.438. The molecule has 0 fully saturated rings. The Morgan fingerprint density at radius 2 is 1.83 bits per heavy atom. The van der Waals surface area contributed by atoms with Crippen LogP contribution in [0.25, 0.3) is 27.9 Å². The molecule has 88 valence electrons. The van der Waals surface area contributed by atoms with Gasteiger partial charge in [-0.25, -0.2) is 0 Å². The quantitative estimate of drug-likeness (QED) is 0.660. The van der Waals surface area contributed by atoms with Crippen LogP contribution in [0.3, 0.4) is 0 Å². The maximum absolute atomic E-state index is 10.7. The zero-order valence-electron chi connectivity index (χ0n) is 9.68. The highest BCUT2D eigenvalue weighted by Gasteiger charge is 2.02. The second-order valence-corrected chi connectivity index (χ2v) is 4.21. The van der Waals surface area contributed by atoms with Crippen LogP contribution in [0.5, 0.6) is 0 Å². The molecule has 3 N–H and O–H groups in total. The number of hydrogen-bond donors (Lipinski definition) is 2. The third-order valence-corrected chi connectivity index (χ3v) is 2.97. The Hall–Kier alpha value is -2.55. The molecule has 0 atom stereocenters. The van der Waals surface area contributed by atoms with E-state index in [0.29, 0.717) is 0 Å². The molecule has 3 rings (SSSR count). The second-order valence-electron chi connectivity index (χ2n) is 4.21. The standard InChI is InChI=1S/C15H12N2O/c16-15(18)8-6-10-5-7-12-11-3-1-2-4-13(11)17-14(12)9-10/h1-9,17H,(H2,16,18). The van der Waals surface area contributed by atoms with Gasteiger partial charge in [0.15, 0.2) is 0 Å². The number of nitrogens with two attached hydrogens (primary N) is 1. The van der Waals surface area contributed by atoms with Gasteiger partial charge in [-0.05, 0) is 23.8 Å². The molecule has 18 heavy (non-hydrogen) atoms. The summed E-state index contributed by atoms with van der Waals surface area (Å²) in [5, 5.41) is 2.39. The second kappa shape index (κ2) is 4.04. The van der Waals surface area contributed by atoms with Crippen LogP contribution in [0.15, 0.2) is 48.5 Å². The molecule has 2 aromatic carbocycles. The number of aromatic amines is 1. The van der Waals surface area contributed by atoms with Gasteiger partial charge in [-0.1, -0.05) is 30.3 Å². The van der Waals surface area contributed by atoms with E-state index in [9.17, 15) is 4.79 Å². The van der Waals surface area contributed by atoms with Crippen LogP contribution in [-0.4, -0.2) is 10.9 Å². The fraction of sp³-hybridized carbons (Fsp3) is 0. The van der Waals surface area contributed by atoms with Crippen LogP contribution < -0.4 is 5.73 Å². The van der Waals surface area contributed by atoms with Crippen LogP contribution >= 0.6 is 0 Å². The monoisotopic (exact) mass is 236 g/mol. The summed E-state index contributed by atoms with van der Waals surface area (Å²) in [6.07, 6.45) is 3.08. The Kier molecular flexibility index (Phi) is 2.38. The van der Waals surface area contributed by atoms with E-state index < -0.39 is 5.91 Å². The average molecular weight is 236 g/mol. The number of primary amides is 1. The van der Waals surface area contributed by atoms with E-state index in [4.69, 9.17) is 5.73 Å². The summed E-state index contributed by atoms with van der Waals surface area (Å²) in [5.41, 5.74) is 8.20. The summed E-state index contributed by atoms with van der Waals surface area (Å²) in [5.74, 6) is -0.438. The van der Waals surface area contributed by atoms with Gasteiger partial charge < -0.3 is 10.7 Å². The SMILES string of the molecule is NC(=O)C=Cc1ccc2c(c1)[nH]c1ccccc12. The van der Waals surface area contributed by atoms with E-state index in [1.54, 1.807) is 6.08 Å². The number of nitrogens with one attached hydrogen (secondary N) is 1. The summed E-state index contributed by atoms with van der Waals surface area (Å²) < 4.78 is 0. The molecule has 3 nitrogen and oxygen atoms in total. The third kappa shape index (κ3) is 1.76. The minimum atomic E-state index is -0.438. The molecule has 3 heteroatoms. The van der Waals surface area contributed by atoms with Crippen molar-refractivity contribution in [2.75, 3.05) is 0 Å². The van der Waals surface area contributed by atoms with Crippen LogP contribution in [0.2, 0.25) is 0 Å². The number of fused-ring (bicyclic) bond motifs is 3. The Bertz CT molecular complexity index is 768. The number of carbonyl (C=O) groups excluding carboxylic acids is 1. The third-order valence-electron chi connectivity index (χ3n) is 2.97. The van der Waals surface area contributed by atoms with E-state index in [2.05, 4.69) is 17.1 Å². The molecule has 0 radical (unpaired) electrons. The molecular weight excluding hydrogens is 224 g/mol. The van der Waals surface area contributed by atoms with E-state index in [1.807, 2.05) is 30.3 Å². The van der Waals surface area contributed by atoms with Gasteiger partial charge >= 0.3 is 0 Å². The smallest absolute Gasteiger partial charge is 0.241 e. The predicted octanol–water partition coefficient (Wildman–Crippen LogP) is 2.82. The molecule has 0 aliphatic heterocycles. The minimum Gasteiger partial charge on any atom is -0.366 e. The fourth-order valence-electron chi connectivity index (χ4n) is 2.15. The van der Waals surface area contributed by atoms with E-state index >= 15 is 0 Å². The molecule has 0 unspecified atom stereocenters. The summed E-state index contributed by atoms with van der Waals surface area (Å²) >= 11 is 0. The maximum atomic E-state index is 10.7. The van der Waals surface area contributed by atoms with Crippen molar-refractivity contribution in [3.63, 3.8) is 0 Å². The van der Waals surface area contributed by atoms with Gasteiger partial charge in [-0.3, -0.25) is 4.79 Å². The number of para-hydroxylation sites is 1. The highest BCUT2D eigenvalue weighted by Crippen LogP contribution is 2.26. The van der Waals surface area contributed by atoms with E-state index in [-0.39, 0.29) is 0 Å². The summed E-state index contributed by atoms with van der Waals surface area (Å²) in [6, 6.07) is 14.2. The summed E-state index contributed by atoms with van der Waals surface area (Å²) in [6.45, 7) is 0. The highest BCUT2D eigenvalue weighted by atomic mass is 16.1. The number of amides is 1. The van der Waals surface area contributed by atoms with Gasteiger partial charge in [0.2, 0.25) is 5.91 Å². The van der Waals surface area contributed by atoms with Gasteiger partial charge in [0.1, 0.15) is 0 Å². The predicted molar refractivity (Wildman–Crippen MR) is 74.0 cm³/mol. The van der Waals surface area contributed by atoms with E-state index in [0.717, 1.165) is 16.6 Å². The molecule has 1 amide bonds. The Morgan fingerprint density at radius 3 is 2.67 bits per heavy atom. The van der Waals surface area contributed by atoms with Gasteiger partial charge in [0.05, 0.1) is 0 Å². The van der Waals surface area contributed by atoms with Crippen molar-refractivity contribution in [1.82, 2.24) is 4.98 Å². The number of carbonyl (C=O) groups is 1. The van der Waals surface area contributed by atoms with Gasteiger partial charge in [0.25, 0.3) is 0 Å². The Balaban J connectivity index is 2.18. The first-order valence-electron chi connectivity index (χ1n) is 5.72. The molecule has 0 aliphatic rings. The van der Waals surface area contributed by atoms with Crippen molar-refractivity contribution in [1.29, 1.82) is 0 Å². The zero-order chi connectivity index (χ0) is 12.5. The lowest BCUT2D eigenvalue weighted by molar-refractivity contribution is -0.113. The first-order chi connectivity index (χ1) is 8.74. The maximum Gasteiger partial charge on any atom is 0.241 e. The zero-order valence-corrected chi connectivity index (χ0v) is 9.68. The Morgan fingerprint density at radius 1 is 1.06 bits per heavy atom. The van der Waals surface area contributed by atoms with Crippen molar-refractivity contribution in [2.24, 2.45) is 5.73 Å². The molecule has 0 saturated heterocycles. The lowest BCUT2D eigenvalue weighted by Gasteiger charge is -1.94. The normalized spacial score (nSPS) is 11.6. The number of benzene rings is 2. The molecule has 1 heterocycles. The van der Waals surface area contributed by atoms with Crippen LogP contribution in [-0.2, 0) is 4.79 Å². The number of H-pyrrole nitrogens is 1. The highest BCUT2D eigenvalue weighted by molar-refractivity contribution is 6.07. The number of aromatic nitrogens is 1. The van der Waals surface area contributed by atoms with Crippen molar-refractivity contribution in [3.05, 3.63) is 54.1 Å². The van der Waals surface area contributed by atoms with Crippen LogP contribution in [0, 0.1) is 0 Å². The lowest BCUT2D eigenvalue weighted by Crippen LogP contribution is -2.04. The first kappa shape index (κ1) is 10.6. The molecular formula is C15H12N2O. The summed E-state index contributed by atoms with van der Waals surface area (Å²) in [7, 11) is 0. The van der Waals surface area contributed by atoms with Gasteiger partial charge in [-0.15, -0.1) is 0 Å². The molecule has 0 aliphatic carbocycles. The van der Waals surface area contributed by atoms with Gasteiger partial charge in [0, 0.05) is 27.9 Å². The fourth-order valence-corrected chi connectivity index (χ4v) is 2.15. The Labute approximate surface area is 104 Å². The first-order valence-corrected chi connectivity index (χ1v) is 5.72. The van der Waals surface area contributed by atoms with E-state index in [1.165, 1.54) is 16.8 Å².